The number of nitrogens with two attached hydrogens (primary N) is 1. The quantitative estimate of drug-likeness (QED) is 0.664. The van der Waals surface area contributed by atoms with Crippen LogP contribution in [-0.2, 0) is 5.75 Å². The van der Waals surface area contributed by atoms with Crippen molar-refractivity contribution >= 4 is 23.4 Å². The van der Waals surface area contributed by atoms with E-state index in [2.05, 4.69) is 0 Å². The maximum Gasteiger partial charge on any atom is 0.335 e. The lowest BCUT2D eigenvalue weighted by molar-refractivity contribution is 0.0697. The number of anilines is 1. The van der Waals surface area contributed by atoms with Crippen molar-refractivity contribution in [2.75, 3.05) is 5.73 Å². The normalized spacial score (nSPS) is 10.4. The molecular formula is C14H12FNO2S. The first-order chi connectivity index (χ1) is 9.06. The van der Waals surface area contributed by atoms with Gasteiger partial charge in [0, 0.05) is 10.6 Å². The SMILES string of the molecule is Nc1ccc(SCc2ccc(C(=O)O)cc2)cc1F. The molecule has 0 heterocycles. The van der Waals surface area contributed by atoms with E-state index in [0.717, 1.165) is 10.5 Å². The number of aromatic carboxylic acids is 1. The highest BCUT2D eigenvalue weighted by Gasteiger charge is 2.04. The molecule has 2 aromatic rings. The molecule has 2 aromatic carbocycles. The summed E-state index contributed by atoms with van der Waals surface area (Å²) in [6.07, 6.45) is 0. The second kappa shape index (κ2) is 5.75. The van der Waals surface area contributed by atoms with Gasteiger partial charge in [-0.2, -0.15) is 0 Å². The molecule has 19 heavy (non-hydrogen) atoms. The summed E-state index contributed by atoms with van der Waals surface area (Å²) >= 11 is 1.47. The van der Waals surface area contributed by atoms with E-state index in [1.54, 1.807) is 30.3 Å². The van der Waals surface area contributed by atoms with Crippen molar-refractivity contribution in [1.82, 2.24) is 0 Å². The average molecular weight is 277 g/mol. The van der Waals surface area contributed by atoms with Crippen LogP contribution < -0.4 is 5.73 Å². The Hall–Kier alpha value is -2.01. The summed E-state index contributed by atoms with van der Waals surface area (Å²) in [4.78, 5) is 11.5. The van der Waals surface area contributed by atoms with Crippen LogP contribution in [0.15, 0.2) is 47.4 Å². The number of benzene rings is 2. The zero-order valence-corrected chi connectivity index (χ0v) is 10.8. The number of carboxylic acid groups (broad SMARTS) is 1. The molecule has 0 unspecified atom stereocenters. The molecule has 0 saturated carbocycles. The van der Waals surface area contributed by atoms with E-state index in [0.29, 0.717) is 5.75 Å². The van der Waals surface area contributed by atoms with Crippen LogP contribution in [0.3, 0.4) is 0 Å². The lowest BCUT2D eigenvalue weighted by atomic mass is 10.1. The monoisotopic (exact) mass is 277 g/mol. The molecule has 0 saturated heterocycles. The fraction of sp³-hybridized carbons (Fsp3) is 0.0714. The van der Waals surface area contributed by atoms with E-state index in [1.165, 1.54) is 23.9 Å². The smallest absolute Gasteiger partial charge is 0.335 e. The number of nitrogen functional groups attached to an aromatic ring is 1. The van der Waals surface area contributed by atoms with Crippen LogP contribution in [-0.4, -0.2) is 11.1 Å². The van der Waals surface area contributed by atoms with Gasteiger partial charge in [0.2, 0.25) is 0 Å². The molecule has 0 aliphatic heterocycles. The Balaban J connectivity index is 2.01. The first kappa shape index (κ1) is 13.4. The third kappa shape index (κ3) is 3.48. The lowest BCUT2D eigenvalue weighted by Crippen LogP contribution is -1.95. The summed E-state index contributed by atoms with van der Waals surface area (Å²) in [5.74, 6) is -0.727. The molecule has 3 N–H and O–H groups in total. The van der Waals surface area contributed by atoms with Gasteiger partial charge in [-0.15, -0.1) is 11.8 Å². The van der Waals surface area contributed by atoms with Crippen LogP contribution in [0, 0.1) is 5.82 Å². The third-order valence-corrected chi connectivity index (χ3v) is 3.64. The van der Waals surface area contributed by atoms with Gasteiger partial charge in [-0.05, 0) is 35.9 Å². The van der Waals surface area contributed by atoms with Crippen LogP contribution in [0.4, 0.5) is 10.1 Å². The van der Waals surface area contributed by atoms with Crippen molar-refractivity contribution in [3.8, 4) is 0 Å². The predicted molar refractivity (Wildman–Crippen MR) is 73.8 cm³/mol. The van der Waals surface area contributed by atoms with Crippen LogP contribution >= 0.6 is 11.8 Å². The van der Waals surface area contributed by atoms with E-state index < -0.39 is 11.8 Å². The second-order valence-electron chi connectivity index (χ2n) is 3.97. The molecule has 0 atom stereocenters. The predicted octanol–water partition coefficient (Wildman–Crippen LogP) is 3.40. The number of thioether (sulfide) groups is 1. The minimum Gasteiger partial charge on any atom is -0.478 e. The minimum atomic E-state index is -0.945. The fourth-order valence-corrected chi connectivity index (χ4v) is 2.38. The van der Waals surface area contributed by atoms with Gasteiger partial charge < -0.3 is 10.8 Å². The van der Waals surface area contributed by atoms with Gasteiger partial charge in [0.05, 0.1) is 11.3 Å². The molecular weight excluding hydrogens is 265 g/mol. The van der Waals surface area contributed by atoms with E-state index in [1.807, 2.05) is 0 Å². The minimum absolute atomic E-state index is 0.134. The Bertz CT molecular complexity index is 599. The van der Waals surface area contributed by atoms with Gasteiger partial charge in [0.1, 0.15) is 5.82 Å². The maximum atomic E-state index is 13.2. The fourth-order valence-electron chi connectivity index (χ4n) is 1.51. The number of halogens is 1. The van der Waals surface area contributed by atoms with Gasteiger partial charge >= 0.3 is 5.97 Å². The molecule has 98 valence electrons. The lowest BCUT2D eigenvalue weighted by Gasteiger charge is -2.04. The highest BCUT2D eigenvalue weighted by atomic mass is 32.2. The van der Waals surface area contributed by atoms with Crippen LogP contribution in [0.1, 0.15) is 15.9 Å². The van der Waals surface area contributed by atoms with Gasteiger partial charge in [0.15, 0.2) is 0 Å². The van der Waals surface area contributed by atoms with Gasteiger partial charge in [-0.3, -0.25) is 0 Å². The van der Waals surface area contributed by atoms with Crippen molar-refractivity contribution in [2.24, 2.45) is 0 Å². The number of hydrogen-bond acceptors (Lipinski definition) is 3. The molecule has 0 fully saturated rings. The van der Waals surface area contributed by atoms with Crippen molar-refractivity contribution in [3.05, 3.63) is 59.4 Å². The summed E-state index contributed by atoms with van der Waals surface area (Å²) in [6, 6.07) is 11.3. The summed E-state index contributed by atoms with van der Waals surface area (Å²) in [7, 11) is 0. The molecule has 0 bridgehead atoms. The maximum absolute atomic E-state index is 13.2. The molecule has 0 spiro atoms. The van der Waals surface area contributed by atoms with Crippen LogP contribution in [0.5, 0.6) is 0 Å². The Morgan fingerprint density at radius 3 is 2.47 bits per heavy atom. The van der Waals surface area contributed by atoms with Crippen LogP contribution in [0.25, 0.3) is 0 Å². The van der Waals surface area contributed by atoms with Gasteiger partial charge in [0.25, 0.3) is 0 Å². The Morgan fingerprint density at radius 2 is 1.89 bits per heavy atom. The number of hydrogen-bond donors (Lipinski definition) is 2. The largest absolute Gasteiger partial charge is 0.478 e. The van der Waals surface area contributed by atoms with E-state index in [9.17, 15) is 9.18 Å². The Morgan fingerprint density at radius 1 is 1.21 bits per heavy atom. The number of carbonyl (C=O) groups is 1. The van der Waals surface area contributed by atoms with Gasteiger partial charge in [-0.1, -0.05) is 12.1 Å². The molecule has 3 nitrogen and oxygen atoms in total. The average Bonchev–Trinajstić information content (AvgIpc) is 2.40. The summed E-state index contributed by atoms with van der Waals surface area (Å²) in [6.45, 7) is 0. The molecule has 0 aliphatic rings. The highest BCUT2D eigenvalue weighted by Crippen LogP contribution is 2.25. The molecule has 0 amide bonds. The summed E-state index contributed by atoms with van der Waals surface area (Å²) < 4.78 is 13.2. The van der Waals surface area contributed by atoms with Gasteiger partial charge in [-0.25, -0.2) is 9.18 Å². The summed E-state index contributed by atoms with van der Waals surface area (Å²) in [5, 5.41) is 8.78. The zero-order chi connectivity index (χ0) is 13.8. The van der Waals surface area contributed by atoms with Crippen molar-refractivity contribution in [3.63, 3.8) is 0 Å². The first-order valence-electron chi connectivity index (χ1n) is 5.56. The second-order valence-corrected chi connectivity index (χ2v) is 5.02. The molecule has 2 rings (SSSR count). The molecule has 0 radical (unpaired) electrons. The molecule has 0 aromatic heterocycles. The zero-order valence-electron chi connectivity index (χ0n) is 9.97. The Labute approximate surface area is 114 Å². The summed E-state index contributed by atoms with van der Waals surface area (Å²) in [5.41, 5.74) is 6.77. The number of rotatable bonds is 4. The van der Waals surface area contributed by atoms with E-state index in [-0.39, 0.29) is 11.3 Å². The third-order valence-electron chi connectivity index (χ3n) is 2.58. The molecule has 5 heteroatoms. The topological polar surface area (TPSA) is 63.3 Å². The number of carboxylic acids is 1. The van der Waals surface area contributed by atoms with E-state index >= 15 is 0 Å². The van der Waals surface area contributed by atoms with Crippen LogP contribution in [0.2, 0.25) is 0 Å². The standard InChI is InChI=1S/C14H12FNO2S/c15-12-7-11(5-6-13(12)16)19-8-9-1-3-10(4-2-9)14(17)18/h1-7H,8,16H2,(H,17,18). The Kier molecular flexibility index (Phi) is 4.06. The van der Waals surface area contributed by atoms with Crippen molar-refractivity contribution in [2.45, 2.75) is 10.6 Å². The first-order valence-corrected chi connectivity index (χ1v) is 6.55. The van der Waals surface area contributed by atoms with E-state index in [4.69, 9.17) is 10.8 Å². The van der Waals surface area contributed by atoms with Crippen molar-refractivity contribution < 1.29 is 14.3 Å². The molecule has 0 aliphatic carbocycles. The highest BCUT2D eigenvalue weighted by molar-refractivity contribution is 7.98. The van der Waals surface area contributed by atoms with Crippen molar-refractivity contribution in [1.29, 1.82) is 0 Å².